The minimum absolute atomic E-state index is 0.108. The number of aliphatic hydroxyl groups is 1. The lowest BCUT2D eigenvalue weighted by Gasteiger charge is -2.56. The zero-order valence-electron chi connectivity index (χ0n) is 21.9. The zero-order chi connectivity index (χ0) is 26.8. The van der Waals surface area contributed by atoms with Crippen LogP contribution in [-0.4, -0.2) is 70.7 Å². The van der Waals surface area contributed by atoms with Crippen molar-refractivity contribution in [1.29, 1.82) is 0 Å². The van der Waals surface area contributed by atoms with Crippen LogP contribution in [0.25, 0.3) is 0 Å². The van der Waals surface area contributed by atoms with Crippen LogP contribution in [0.1, 0.15) is 67.7 Å². The number of aliphatic hydroxyl groups excluding tert-OH is 1. The summed E-state index contributed by atoms with van der Waals surface area (Å²) in [7, 11) is 0. The van der Waals surface area contributed by atoms with E-state index >= 15 is 0 Å². The standard InChI is InChI=1S/C26H36O10/c1-12-8-9-18(32-14(3)27)24(6)19(33-15(4)28)11-17(30)13(2)21(24)22(34-16(5)29)26-20(10-12)35-23(31)25(26,7)36-26/h10,13,17-22,30H,8-9,11H2,1-7H3/b12-10+/t13-,17-,18-,19-,20-,21+,22-,24-,25-,26-/m0/s1. The molecule has 2 aliphatic heterocycles. The molecule has 10 heteroatoms. The summed E-state index contributed by atoms with van der Waals surface area (Å²) in [6.45, 7) is 11.0. The van der Waals surface area contributed by atoms with E-state index in [9.17, 15) is 24.3 Å². The van der Waals surface area contributed by atoms with Crippen molar-refractivity contribution < 1.29 is 48.0 Å². The molecule has 36 heavy (non-hydrogen) atoms. The average Bonchev–Trinajstić information content (AvgIpc) is 3.34. The molecule has 1 spiro atoms. The van der Waals surface area contributed by atoms with E-state index in [1.807, 2.05) is 20.8 Å². The van der Waals surface area contributed by atoms with Gasteiger partial charge in [0.1, 0.15) is 18.3 Å². The first-order valence-corrected chi connectivity index (χ1v) is 12.5. The van der Waals surface area contributed by atoms with Gasteiger partial charge in [0, 0.05) is 38.5 Å². The molecule has 0 aromatic rings. The number of epoxide rings is 1. The number of hydrogen-bond acceptors (Lipinski definition) is 10. The lowest BCUT2D eigenvalue weighted by atomic mass is 9.53. The fourth-order valence-corrected chi connectivity index (χ4v) is 6.92. The van der Waals surface area contributed by atoms with Gasteiger partial charge in [0.2, 0.25) is 0 Å². The number of carbonyl (C=O) groups excluding carboxylic acids is 4. The topological polar surface area (TPSA) is 138 Å². The Kier molecular flexibility index (Phi) is 6.53. The predicted molar refractivity (Wildman–Crippen MR) is 123 cm³/mol. The summed E-state index contributed by atoms with van der Waals surface area (Å²) in [4.78, 5) is 49.9. The Morgan fingerprint density at radius 1 is 1.03 bits per heavy atom. The average molecular weight is 509 g/mol. The number of ether oxygens (including phenoxy) is 5. The van der Waals surface area contributed by atoms with Gasteiger partial charge in [-0.1, -0.05) is 19.4 Å². The van der Waals surface area contributed by atoms with Gasteiger partial charge in [0.25, 0.3) is 0 Å². The largest absolute Gasteiger partial charge is 0.462 e. The van der Waals surface area contributed by atoms with Gasteiger partial charge in [-0.3, -0.25) is 14.4 Å². The Bertz CT molecular complexity index is 1000. The summed E-state index contributed by atoms with van der Waals surface area (Å²) in [5.74, 6) is -3.47. The van der Waals surface area contributed by atoms with E-state index in [0.29, 0.717) is 12.8 Å². The van der Waals surface area contributed by atoms with Crippen molar-refractivity contribution in [2.45, 2.75) is 109 Å². The molecule has 2 saturated heterocycles. The Hall–Kier alpha value is -2.46. The summed E-state index contributed by atoms with van der Waals surface area (Å²) in [6, 6.07) is 0. The van der Waals surface area contributed by atoms with Crippen LogP contribution in [0.15, 0.2) is 11.6 Å². The smallest absolute Gasteiger partial charge is 0.342 e. The fraction of sp³-hybridized carbons (Fsp3) is 0.769. The monoisotopic (exact) mass is 508 g/mol. The van der Waals surface area contributed by atoms with Crippen molar-refractivity contribution in [3.8, 4) is 0 Å². The highest BCUT2D eigenvalue weighted by molar-refractivity contribution is 5.89. The molecule has 0 bridgehead atoms. The van der Waals surface area contributed by atoms with Crippen LogP contribution in [0.4, 0.5) is 0 Å². The van der Waals surface area contributed by atoms with Gasteiger partial charge in [-0.25, -0.2) is 4.79 Å². The predicted octanol–water partition coefficient (Wildman–Crippen LogP) is 2.00. The summed E-state index contributed by atoms with van der Waals surface area (Å²) in [6.07, 6.45) is -1.66. The molecule has 3 fully saturated rings. The molecule has 0 aromatic carbocycles. The number of rotatable bonds is 3. The van der Waals surface area contributed by atoms with E-state index in [1.165, 1.54) is 20.8 Å². The highest BCUT2D eigenvalue weighted by Crippen LogP contribution is 2.65. The molecule has 200 valence electrons. The number of allylic oxidation sites excluding steroid dienone is 1. The molecule has 2 aliphatic carbocycles. The van der Waals surface area contributed by atoms with Crippen molar-refractivity contribution in [3.05, 3.63) is 11.6 Å². The molecule has 10 atom stereocenters. The van der Waals surface area contributed by atoms with Crippen LogP contribution in [-0.2, 0) is 42.9 Å². The Morgan fingerprint density at radius 2 is 1.61 bits per heavy atom. The Morgan fingerprint density at radius 3 is 2.17 bits per heavy atom. The third-order valence-corrected chi connectivity index (χ3v) is 8.75. The van der Waals surface area contributed by atoms with Crippen molar-refractivity contribution in [1.82, 2.24) is 0 Å². The van der Waals surface area contributed by atoms with Crippen molar-refractivity contribution in [3.63, 3.8) is 0 Å². The highest BCUT2D eigenvalue weighted by atomic mass is 16.7. The van der Waals surface area contributed by atoms with Crippen molar-refractivity contribution in [2.24, 2.45) is 17.3 Å². The van der Waals surface area contributed by atoms with E-state index < -0.39 is 82.8 Å². The van der Waals surface area contributed by atoms with Crippen molar-refractivity contribution >= 4 is 23.9 Å². The molecule has 0 aromatic heterocycles. The lowest BCUT2D eigenvalue weighted by molar-refractivity contribution is -0.231. The summed E-state index contributed by atoms with van der Waals surface area (Å²) in [5, 5.41) is 11.1. The first kappa shape index (κ1) is 26.6. The number of fused-ring (bicyclic) bond motifs is 1. The zero-order valence-corrected chi connectivity index (χ0v) is 21.9. The highest BCUT2D eigenvalue weighted by Gasteiger charge is 2.87. The number of hydrogen-bond donors (Lipinski definition) is 1. The quantitative estimate of drug-likeness (QED) is 0.261. The molecular weight excluding hydrogens is 472 g/mol. The molecule has 1 N–H and O–H groups in total. The second kappa shape index (κ2) is 8.83. The second-order valence-electron chi connectivity index (χ2n) is 11.1. The maximum Gasteiger partial charge on any atom is 0.342 e. The molecule has 0 unspecified atom stereocenters. The van der Waals surface area contributed by atoms with Gasteiger partial charge in [0.05, 0.1) is 6.10 Å². The summed E-state index contributed by atoms with van der Waals surface area (Å²) in [5.41, 5.74) is -2.95. The van der Waals surface area contributed by atoms with E-state index in [2.05, 4.69) is 0 Å². The summed E-state index contributed by atoms with van der Waals surface area (Å²) < 4.78 is 29.5. The van der Waals surface area contributed by atoms with Crippen LogP contribution in [0.5, 0.6) is 0 Å². The van der Waals surface area contributed by atoms with Crippen LogP contribution in [0.2, 0.25) is 0 Å². The van der Waals surface area contributed by atoms with Crippen molar-refractivity contribution in [2.75, 3.05) is 0 Å². The van der Waals surface area contributed by atoms with Gasteiger partial charge >= 0.3 is 23.9 Å². The van der Waals surface area contributed by atoms with Gasteiger partial charge in [0.15, 0.2) is 17.3 Å². The van der Waals surface area contributed by atoms with E-state index in [1.54, 1.807) is 13.0 Å². The minimum Gasteiger partial charge on any atom is -0.462 e. The molecule has 1 saturated carbocycles. The fourth-order valence-electron chi connectivity index (χ4n) is 6.92. The molecule has 10 nitrogen and oxygen atoms in total. The van der Waals surface area contributed by atoms with Crippen LogP contribution >= 0.6 is 0 Å². The maximum atomic E-state index is 12.9. The number of carbonyl (C=O) groups is 4. The van der Waals surface area contributed by atoms with Gasteiger partial charge < -0.3 is 28.8 Å². The minimum atomic E-state index is -1.37. The van der Waals surface area contributed by atoms with E-state index in [-0.39, 0.29) is 6.42 Å². The molecule has 4 aliphatic rings. The van der Waals surface area contributed by atoms with Gasteiger partial charge in [-0.15, -0.1) is 0 Å². The third kappa shape index (κ3) is 3.84. The molecule has 2 heterocycles. The lowest BCUT2D eigenvalue weighted by Crippen LogP contribution is -2.66. The summed E-state index contributed by atoms with van der Waals surface area (Å²) >= 11 is 0. The molecular formula is C26H36O10. The Balaban J connectivity index is 1.99. The number of esters is 4. The first-order valence-electron chi connectivity index (χ1n) is 12.5. The Labute approximate surface area is 210 Å². The van der Waals surface area contributed by atoms with Crippen LogP contribution < -0.4 is 0 Å². The molecule has 0 radical (unpaired) electrons. The van der Waals surface area contributed by atoms with Crippen LogP contribution in [0.3, 0.4) is 0 Å². The van der Waals surface area contributed by atoms with Crippen LogP contribution in [0, 0.1) is 17.3 Å². The van der Waals surface area contributed by atoms with E-state index in [4.69, 9.17) is 23.7 Å². The molecule has 0 amide bonds. The SMILES string of the molecule is CC(=O)O[C@H]1CC/C(C)=C/[C@@H]2OC(=O)[C@]3(C)O[C@]23[C@@H](OC(C)=O)[C@H]2[C@@H](C)[C@@H](O)C[C@H](OC(C)=O)[C@@]21C. The second-order valence-corrected chi connectivity index (χ2v) is 11.1. The third-order valence-electron chi connectivity index (χ3n) is 8.75. The van der Waals surface area contributed by atoms with Gasteiger partial charge in [-0.2, -0.15) is 0 Å². The van der Waals surface area contributed by atoms with Gasteiger partial charge in [-0.05, 0) is 38.7 Å². The normalized spacial score (nSPS) is 47.1. The maximum absolute atomic E-state index is 12.9. The first-order chi connectivity index (χ1) is 16.7. The van der Waals surface area contributed by atoms with E-state index in [0.717, 1.165) is 5.57 Å². The molecule has 4 rings (SSSR count).